The van der Waals surface area contributed by atoms with Crippen molar-refractivity contribution >= 4 is 16.7 Å². The van der Waals surface area contributed by atoms with Gasteiger partial charge < -0.3 is 5.32 Å². The molecular weight excluding hydrogens is 198 g/mol. The lowest BCUT2D eigenvalue weighted by atomic mass is 10.2. The molecule has 0 unspecified atom stereocenters. The highest BCUT2D eigenvalue weighted by molar-refractivity contribution is 5.77. The Bertz CT molecular complexity index is 399. The van der Waals surface area contributed by atoms with Crippen LogP contribution >= 0.6 is 0 Å². The summed E-state index contributed by atoms with van der Waals surface area (Å²) in [6, 6.07) is 5.91. The van der Waals surface area contributed by atoms with Crippen LogP contribution in [-0.2, 0) is 0 Å². The fourth-order valence-corrected chi connectivity index (χ4v) is 1.12. The zero-order chi connectivity index (χ0) is 12.4. The minimum Gasteiger partial charge on any atom is -0.388 e. The number of hydrogen-bond donors (Lipinski definition) is 1. The number of nitrogens with one attached hydrogen (secondary N) is 1. The Kier molecular flexibility index (Phi) is 7.76. The fraction of sp³-hybridized carbons (Fsp3) is 0.385. The first-order valence-electron chi connectivity index (χ1n) is 5.78. The molecule has 0 aliphatic carbocycles. The summed E-state index contributed by atoms with van der Waals surface area (Å²) in [6.45, 7) is 8.00. The first-order chi connectivity index (χ1) is 7.90. The predicted octanol–water partition coefficient (Wildman–Crippen LogP) is 3.72. The van der Waals surface area contributed by atoms with Gasteiger partial charge in [0.15, 0.2) is 0 Å². The Labute approximate surface area is 97.9 Å². The van der Waals surface area contributed by atoms with Gasteiger partial charge in [-0.05, 0) is 18.2 Å². The van der Waals surface area contributed by atoms with E-state index in [1.165, 1.54) is 0 Å². The van der Waals surface area contributed by atoms with Crippen LogP contribution in [0.25, 0.3) is 11.0 Å². The number of rotatable bonds is 1. The van der Waals surface area contributed by atoms with Crippen molar-refractivity contribution in [3.05, 3.63) is 30.6 Å². The number of aromatic nitrogens is 2. The second-order valence-electron chi connectivity index (χ2n) is 2.51. The molecule has 1 N–H and O–H groups in total. The summed E-state index contributed by atoms with van der Waals surface area (Å²) < 4.78 is 0. The summed E-state index contributed by atoms with van der Waals surface area (Å²) in [5, 5.41) is 3.05. The van der Waals surface area contributed by atoms with Gasteiger partial charge in [0.05, 0.1) is 11.0 Å². The molecule has 0 amide bonds. The Morgan fingerprint density at radius 3 is 2.00 bits per heavy atom. The monoisotopic (exact) mass is 219 g/mol. The number of benzene rings is 1. The van der Waals surface area contributed by atoms with Gasteiger partial charge in [-0.2, -0.15) is 0 Å². The SMILES string of the molecule is CC.CC.CNc1ccc2nccnc2c1. The summed E-state index contributed by atoms with van der Waals surface area (Å²) in [5.41, 5.74) is 2.91. The maximum absolute atomic E-state index is 4.19. The van der Waals surface area contributed by atoms with E-state index in [1.807, 2.05) is 52.9 Å². The van der Waals surface area contributed by atoms with Crippen LogP contribution < -0.4 is 5.32 Å². The molecule has 0 saturated heterocycles. The third kappa shape index (κ3) is 3.85. The molecule has 0 saturated carbocycles. The molecule has 0 atom stereocenters. The van der Waals surface area contributed by atoms with Crippen LogP contribution in [0, 0.1) is 0 Å². The van der Waals surface area contributed by atoms with E-state index in [4.69, 9.17) is 0 Å². The van der Waals surface area contributed by atoms with E-state index in [1.54, 1.807) is 12.4 Å². The van der Waals surface area contributed by atoms with Crippen molar-refractivity contribution in [1.29, 1.82) is 0 Å². The quantitative estimate of drug-likeness (QED) is 0.794. The zero-order valence-electron chi connectivity index (χ0n) is 10.8. The summed E-state index contributed by atoms with van der Waals surface area (Å²) in [7, 11) is 1.89. The number of hydrogen-bond acceptors (Lipinski definition) is 3. The highest BCUT2D eigenvalue weighted by Crippen LogP contribution is 2.13. The Morgan fingerprint density at radius 1 is 0.875 bits per heavy atom. The molecule has 1 heterocycles. The first kappa shape index (κ1) is 14.4. The van der Waals surface area contributed by atoms with Gasteiger partial charge in [-0.3, -0.25) is 9.97 Å². The standard InChI is InChI=1S/C9H9N3.2C2H6/c1-10-7-2-3-8-9(6-7)12-5-4-11-8;2*1-2/h2-6,10H,1H3;2*1-2H3. The minimum absolute atomic E-state index is 0.921. The average molecular weight is 219 g/mol. The van der Waals surface area contributed by atoms with E-state index in [2.05, 4.69) is 15.3 Å². The molecule has 2 aromatic rings. The van der Waals surface area contributed by atoms with Crippen LogP contribution in [0.3, 0.4) is 0 Å². The summed E-state index contributed by atoms with van der Waals surface area (Å²) in [4.78, 5) is 8.35. The van der Waals surface area contributed by atoms with Gasteiger partial charge in [0, 0.05) is 25.1 Å². The molecule has 1 aromatic heterocycles. The van der Waals surface area contributed by atoms with Crippen LogP contribution in [0.1, 0.15) is 27.7 Å². The normalized spacial score (nSPS) is 8.31. The molecule has 0 aliphatic heterocycles. The second-order valence-corrected chi connectivity index (χ2v) is 2.51. The molecular formula is C13H21N3. The van der Waals surface area contributed by atoms with Crippen LogP contribution in [0.2, 0.25) is 0 Å². The van der Waals surface area contributed by atoms with Crippen LogP contribution in [-0.4, -0.2) is 17.0 Å². The van der Waals surface area contributed by atoms with E-state index < -0.39 is 0 Å². The van der Waals surface area contributed by atoms with Crippen molar-refractivity contribution in [2.24, 2.45) is 0 Å². The average Bonchev–Trinajstić information content (AvgIpc) is 2.42. The van der Waals surface area contributed by atoms with E-state index in [9.17, 15) is 0 Å². The molecule has 88 valence electrons. The molecule has 0 radical (unpaired) electrons. The lowest BCUT2D eigenvalue weighted by Gasteiger charge is -1.99. The lowest BCUT2D eigenvalue weighted by molar-refractivity contribution is 1.29. The summed E-state index contributed by atoms with van der Waals surface area (Å²) >= 11 is 0. The van der Waals surface area contributed by atoms with Gasteiger partial charge in [0.1, 0.15) is 0 Å². The third-order valence-electron chi connectivity index (χ3n) is 1.76. The Morgan fingerprint density at radius 2 is 1.44 bits per heavy atom. The molecule has 16 heavy (non-hydrogen) atoms. The van der Waals surface area contributed by atoms with Crippen molar-refractivity contribution < 1.29 is 0 Å². The number of anilines is 1. The largest absolute Gasteiger partial charge is 0.388 e. The Hall–Kier alpha value is -1.64. The molecule has 0 spiro atoms. The van der Waals surface area contributed by atoms with Gasteiger partial charge in [0.25, 0.3) is 0 Å². The topological polar surface area (TPSA) is 37.8 Å². The highest BCUT2D eigenvalue weighted by Gasteiger charge is 1.94. The van der Waals surface area contributed by atoms with E-state index in [0.29, 0.717) is 0 Å². The minimum atomic E-state index is 0.921. The molecule has 3 nitrogen and oxygen atoms in total. The van der Waals surface area contributed by atoms with Crippen LogP contribution in [0.5, 0.6) is 0 Å². The van der Waals surface area contributed by atoms with Gasteiger partial charge >= 0.3 is 0 Å². The van der Waals surface area contributed by atoms with Gasteiger partial charge in [-0.25, -0.2) is 0 Å². The molecule has 1 aromatic carbocycles. The first-order valence-corrected chi connectivity index (χ1v) is 5.78. The summed E-state index contributed by atoms with van der Waals surface area (Å²) in [6.07, 6.45) is 3.39. The van der Waals surface area contributed by atoms with Crippen molar-refractivity contribution in [2.45, 2.75) is 27.7 Å². The Balaban J connectivity index is 0.000000509. The van der Waals surface area contributed by atoms with Crippen LogP contribution in [0.15, 0.2) is 30.6 Å². The number of fused-ring (bicyclic) bond motifs is 1. The molecule has 2 rings (SSSR count). The molecule has 0 aliphatic rings. The van der Waals surface area contributed by atoms with Gasteiger partial charge in [-0.15, -0.1) is 0 Å². The van der Waals surface area contributed by atoms with Gasteiger partial charge in [0.2, 0.25) is 0 Å². The third-order valence-corrected chi connectivity index (χ3v) is 1.76. The molecule has 0 fully saturated rings. The van der Waals surface area contributed by atoms with E-state index in [0.717, 1.165) is 16.7 Å². The van der Waals surface area contributed by atoms with Gasteiger partial charge in [-0.1, -0.05) is 27.7 Å². The van der Waals surface area contributed by atoms with Crippen LogP contribution in [0.4, 0.5) is 5.69 Å². The maximum Gasteiger partial charge on any atom is 0.0907 e. The maximum atomic E-state index is 4.19. The fourth-order valence-electron chi connectivity index (χ4n) is 1.12. The number of nitrogens with zero attached hydrogens (tertiary/aromatic N) is 2. The van der Waals surface area contributed by atoms with Crippen molar-refractivity contribution in [3.8, 4) is 0 Å². The van der Waals surface area contributed by atoms with Crippen molar-refractivity contribution in [3.63, 3.8) is 0 Å². The zero-order valence-corrected chi connectivity index (χ0v) is 10.8. The molecule has 3 heteroatoms. The predicted molar refractivity (Wildman–Crippen MR) is 71.8 cm³/mol. The second kappa shape index (κ2) is 8.65. The van der Waals surface area contributed by atoms with E-state index in [-0.39, 0.29) is 0 Å². The van der Waals surface area contributed by atoms with Crippen molar-refractivity contribution in [2.75, 3.05) is 12.4 Å². The van der Waals surface area contributed by atoms with Crippen molar-refractivity contribution in [1.82, 2.24) is 9.97 Å². The van der Waals surface area contributed by atoms with E-state index >= 15 is 0 Å². The smallest absolute Gasteiger partial charge is 0.0907 e. The summed E-state index contributed by atoms with van der Waals surface area (Å²) in [5.74, 6) is 0. The molecule has 0 bridgehead atoms. The highest BCUT2D eigenvalue weighted by atomic mass is 14.8. The lowest BCUT2D eigenvalue weighted by Crippen LogP contribution is -1.88.